The van der Waals surface area contributed by atoms with E-state index in [0.29, 0.717) is 6.42 Å². The van der Waals surface area contributed by atoms with Crippen molar-refractivity contribution in [3.8, 4) is 0 Å². The lowest BCUT2D eigenvalue weighted by Crippen LogP contribution is -2.17. The molecule has 0 amide bonds. The van der Waals surface area contributed by atoms with E-state index in [1.807, 2.05) is 19.9 Å². The van der Waals surface area contributed by atoms with Gasteiger partial charge in [-0.15, -0.1) is 0 Å². The number of hydrogen-bond donors (Lipinski definition) is 2. The van der Waals surface area contributed by atoms with Gasteiger partial charge in [-0.1, -0.05) is 49.3 Å². The lowest BCUT2D eigenvalue weighted by Gasteiger charge is -2.16. The van der Waals surface area contributed by atoms with Gasteiger partial charge in [-0.05, 0) is 50.7 Å². The van der Waals surface area contributed by atoms with Crippen LogP contribution in [0.1, 0.15) is 57.1 Å². The molecule has 1 rings (SSSR count). The second-order valence-electron chi connectivity index (χ2n) is 6.03. The molecule has 0 saturated carbocycles. The SMILES string of the molecule is CC(C)(O)CCCCCc1cccc(C=CCCO)c1. The topological polar surface area (TPSA) is 40.5 Å². The summed E-state index contributed by atoms with van der Waals surface area (Å²) in [5, 5.41) is 18.4. The van der Waals surface area contributed by atoms with Gasteiger partial charge in [0.25, 0.3) is 0 Å². The van der Waals surface area contributed by atoms with Crippen LogP contribution in [0.15, 0.2) is 30.3 Å². The zero-order valence-electron chi connectivity index (χ0n) is 12.8. The van der Waals surface area contributed by atoms with Crippen molar-refractivity contribution in [2.45, 2.75) is 58.0 Å². The molecule has 2 heteroatoms. The lowest BCUT2D eigenvalue weighted by atomic mass is 9.98. The number of benzene rings is 1. The van der Waals surface area contributed by atoms with Gasteiger partial charge in [-0.3, -0.25) is 0 Å². The summed E-state index contributed by atoms with van der Waals surface area (Å²) in [5.41, 5.74) is 2.03. The summed E-state index contributed by atoms with van der Waals surface area (Å²) in [7, 11) is 0. The van der Waals surface area contributed by atoms with Crippen LogP contribution < -0.4 is 0 Å². The molecule has 0 saturated heterocycles. The molecule has 1 aromatic carbocycles. The highest BCUT2D eigenvalue weighted by atomic mass is 16.3. The number of unbranched alkanes of at least 4 members (excludes halogenated alkanes) is 2. The molecule has 20 heavy (non-hydrogen) atoms. The van der Waals surface area contributed by atoms with Crippen molar-refractivity contribution >= 4 is 6.08 Å². The van der Waals surface area contributed by atoms with Gasteiger partial charge in [0.05, 0.1) is 5.60 Å². The van der Waals surface area contributed by atoms with E-state index in [1.165, 1.54) is 17.5 Å². The van der Waals surface area contributed by atoms with Crippen LogP contribution in [0.2, 0.25) is 0 Å². The Bertz CT molecular complexity index is 402. The molecule has 0 aliphatic heterocycles. The summed E-state index contributed by atoms with van der Waals surface area (Å²) in [6.07, 6.45) is 10.1. The normalized spacial score (nSPS) is 12.2. The number of aliphatic hydroxyl groups excluding tert-OH is 1. The van der Waals surface area contributed by atoms with Crippen LogP contribution >= 0.6 is 0 Å². The van der Waals surface area contributed by atoms with E-state index in [2.05, 4.69) is 30.3 Å². The van der Waals surface area contributed by atoms with Gasteiger partial charge in [0, 0.05) is 6.61 Å². The molecule has 0 aliphatic carbocycles. The van der Waals surface area contributed by atoms with Crippen molar-refractivity contribution in [2.24, 2.45) is 0 Å². The van der Waals surface area contributed by atoms with Crippen molar-refractivity contribution in [2.75, 3.05) is 6.61 Å². The quantitative estimate of drug-likeness (QED) is 0.670. The number of hydrogen-bond acceptors (Lipinski definition) is 2. The summed E-state index contributed by atoms with van der Waals surface area (Å²) < 4.78 is 0. The minimum Gasteiger partial charge on any atom is -0.396 e. The molecular weight excluding hydrogens is 248 g/mol. The smallest absolute Gasteiger partial charge is 0.0591 e. The zero-order chi connectivity index (χ0) is 14.8. The first-order valence-corrected chi connectivity index (χ1v) is 7.60. The maximum atomic E-state index is 9.65. The van der Waals surface area contributed by atoms with E-state index in [4.69, 9.17) is 5.11 Å². The van der Waals surface area contributed by atoms with Gasteiger partial charge in [0.2, 0.25) is 0 Å². The summed E-state index contributed by atoms with van der Waals surface area (Å²) in [6.45, 7) is 3.95. The minimum absolute atomic E-state index is 0.206. The highest BCUT2D eigenvalue weighted by molar-refractivity contribution is 5.50. The van der Waals surface area contributed by atoms with Gasteiger partial charge >= 0.3 is 0 Å². The molecule has 0 unspecified atom stereocenters. The van der Waals surface area contributed by atoms with Crippen LogP contribution in [0.3, 0.4) is 0 Å². The fourth-order valence-corrected chi connectivity index (χ4v) is 2.21. The van der Waals surface area contributed by atoms with Gasteiger partial charge < -0.3 is 10.2 Å². The predicted molar refractivity (Wildman–Crippen MR) is 85.6 cm³/mol. The van der Waals surface area contributed by atoms with E-state index in [1.54, 1.807) is 0 Å². The largest absolute Gasteiger partial charge is 0.396 e. The fraction of sp³-hybridized carbons (Fsp3) is 0.556. The lowest BCUT2D eigenvalue weighted by molar-refractivity contribution is 0.0681. The van der Waals surface area contributed by atoms with Crippen molar-refractivity contribution in [3.63, 3.8) is 0 Å². The molecule has 0 aliphatic rings. The zero-order valence-corrected chi connectivity index (χ0v) is 12.8. The third-order valence-corrected chi connectivity index (χ3v) is 3.31. The van der Waals surface area contributed by atoms with Crippen LogP contribution in [-0.2, 0) is 6.42 Å². The highest BCUT2D eigenvalue weighted by Crippen LogP contribution is 2.15. The monoisotopic (exact) mass is 276 g/mol. The minimum atomic E-state index is -0.530. The Balaban J connectivity index is 2.31. The molecule has 2 N–H and O–H groups in total. The highest BCUT2D eigenvalue weighted by Gasteiger charge is 2.10. The third-order valence-electron chi connectivity index (χ3n) is 3.31. The Kier molecular flexibility index (Phi) is 7.56. The van der Waals surface area contributed by atoms with Crippen LogP contribution in [0, 0.1) is 0 Å². The van der Waals surface area contributed by atoms with E-state index in [9.17, 15) is 5.11 Å². The summed E-state index contributed by atoms with van der Waals surface area (Å²) in [4.78, 5) is 0. The Morgan fingerprint density at radius 3 is 2.65 bits per heavy atom. The maximum absolute atomic E-state index is 9.65. The van der Waals surface area contributed by atoms with Gasteiger partial charge in [-0.25, -0.2) is 0 Å². The Morgan fingerprint density at radius 2 is 1.95 bits per heavy atom. The molecule has 0 heterocycles. The van der Waals surface area contributed by atoms with E-state index in [-0.39, 0.29) is 6.61 Å². The number of rotatable bonds is 9. The van der Waals surface area contributed by atoms with Crippen molar-refractivity contribution in [1.82, 2.24) is 0 Å². The number of aliphatic hydroxyl groups is 2. The molecular formula is C18H28O2. The Morgan fingerprint density at radius 1 is 1.15 bits per heavy atom. The molecule has 0 atom stereocenters. The van der Waals surface area contributed by atoms with Gasteiger partial charge in [0.1, 0.15) is 0 Å². The van der Waals surface area contributed by atoms with Crippen molar-refractivity contribution < 1.29 is 10.2 Å². The molecule has 0 fully saturated rings. The maximum Gasteiger partial charge on any atom is 0.0591 e. The van der Waals surface area contributed by atoms with Crippen molar-refractivity contribution in [3.05, 3.63) is 41.5 Å². The van der Waals surface area contributed by atoms with E-state index < -0.39 is 5.60 Å². The van der Waals surface area contributed by atoms with Crippen LogP contribution in [-0.4, -0.2) is 22.4 Å². The molecule has 2 nitrogen and oxygen atoms in total. The van der Waals surface area contributed by atoms with Crippen LogP contribution in [0.5, 0.6) is 0 Å². The Hall–Kier alpha value is -1.12. The van der Waals surface area contributed by atoms with Crippen molar-refractivity contribution in [1.29, 1.82) is 0 Å². The predicted octanol–water partition coefficient (Wildman–Crippen LogP) is 3.96. The molecule has 0 radical (unpaired) electrons. The summed E-state index contributed by atoms with van der Waals surface area (Å²) in [6, 6.07) is 8.56. The number of aryl methyl sites for hydroxylation is 1. The second kappa shape index (κ2) is 8.93. The summed E-state index contributed by atoms with van der Waals surface area (Å²) >= 11 is 0. The first-order chi connectivity index (χ1) is 9.51. The van der Waals surface area contributed by atoms with E-state index >= 15 is 0 Å². The fourth-order valence-electron chi connectivity index (χ4n) is 2.21. The molecule has 1 aromatic rings. The second-order valence-corrected chi connectivity index (χ2v) is 6.03. The summed E-state index contributed by atoms with van der Waals surface area (Å²) in [5.74, 6) is 0. The van der Waals surface area contributed by atoms with Gasteiger partial charge in [-0.2, -0.15) is 0 Å². The first-order valence-electron chi connectivity index (χ1n) is 7.60. The molecule has 0 bridgehead atoms. The average Bonchev–Trinajstić information content (AvgIpc) is 2.38. The average molecular weight is 276 g/mol. The Labute approximate surface area is 123 Å². The van der Waals surface area contributed by atoms with Gasteiger partial charge in [0.15, 0.2) is 0 Å². The molecule has 0 spiro atoms. The standard InChI is InChI=1S/C18H28O2/c1-18(2,20)13-6-3-4-9-16-11-8-12-17(15-16)10-5-7-14-19/h5,8,10-12,15,19-20H,3-4,6-7,9,13-14H2,1-2H3. The third kappa shape index (κ3) is 8.13. The molecule has 0 aromatic heterocycles. The van der Waals surface area contributed by atoms with Crippen LogP contribution in [0.25, 0.3) is 6.08 Å². The first kappa shape index (κ1) is 16.9. The molecule has 112 valence electrons. The van der Waals surface area contributed by atoms with Crippen LogP contribution in [0.4, 0.5) is 0 Å². The van der Waals surface area contributed by atoms with E-state index in [0.717, 1.165) is 25.7 Å².